The van der Waals surface area contributed by atoms with Crippen LogP contribution in [0.3, 0.4) is 0 Å². The van der Waals surface area contributed by atoms with Crippen molar-refractivity contribution in [3.8, 4) is 0 Å². The maximum atomic E-state index is 4.11. The number of nitrogens with zero attached hydrogens (tertiary/aromatic N) is 1. The molecule has 0 aliphatic carbocycles. The molecule has 0 aliphatic rings. The van der Waals surface area contributed by atoms with E-state index < -0.39 is 0 Å². The summed E-state index contributed by atoms with van der Waals surface area (Å²) in [4.78, 5) is 4.11. The number of hydrogen-bond acceptors (Lipinski definition) is 1. The van der Waals surface area contributed by atoms with Crippen LogP contribution in [-0.4, -0.2) is 4.98 Å². The Balaban J connectivity index is 3.07. The molecule has 1 heterocycles. The van der Waals surface area contributed by atoms with Gasteiger partial charge in [-0.15, -0.1) is 0 Å². The predicted molar refractivity (Wildman–Crippen MR) is 52.9 cm³/mol. The van der Waals surface area contributed by atoms with Crippen LogP contribution in [0, 0.1) is 13.8 Å². The molecule has 0 N–H and O–H groups in total. The Kier molecular flexibility index (Phi) is 2.81. The van der Waals surface area contributed by atoms with Crippen LogP contribution in [0.1, 0.15) is 16.7 Å². The molecule has 0 unspecified atom stereocenters. The zero-order valence-electron chi connectivity index (χ0n) is 7.54. The first kappa shape index (κ1) is 8.72. The Morgan fingerprint density at radius 1 is 1.33 bits per heavy atom. The molecule has 1 aromatic rings. The van der Waals surface area contributed by atoms with Crippen LogP contribution in [0.5, 0.6) is 0 Å². The topological polar surface area (TPSA) is 12.9 Å². The Hall–Kier alpha value is -1.37. The highest BCUT2D eigenvalue weighted by atomic mass is 14.6. The third kappa shape index (κ3) is 1.82. The molecule has 0 radical (unpaired) electrons. The standard InChI is InChI=1S/C11H13N/c1-4-5-6-11-8-12-7-9(2)10(11)3/h4-8H,1H2,2-3H3. The summed E-state index contributed by atoms with van der Waals surface area (Å²) >= 11 is 0. The van der Waals surface area contributed by atoms with Crippen molar-refractivity contribution in [2.45, 2.75) is 13.8 Å². The fourth-order valence-corrected chi connectivity index (χ4v) is 0.990. The lowest BCUT2D eigenvalue weighted by Gasteiger charge is -2.01. The molecule has 0 saturated heterocycles. The first-order valence-corrected chi connectivity index (χ1v) is 3.96. The third-order valence-corrected chi connectivity index (χ3v) is 1.92. The summed E-state index contributed by atoms with van der Waals surface area (Å²) < 4.78 is 0. The first-order valence-electron chi connectivity index (χ1n) is 3.96. The molecule has 1 heteroatoms. The van der Waals surface area contributed by atoms with Gasteiger partial charge in [0.25, 0.3) is 0 Å². The van der Waals surface area contributed by atoms with E-state index in [1.54, 1.807) is 6.08 Å². The quantitative estimate of drug-likeness (QED) is 0.604. The van der Waals surface area contributed by atoms with Gasteiger partial charge in [0, 0.05) is 12.4 Å². The van der Waals surface area contributed by atoms with E-state index in [1.165, 1.54) is 11.1 Å². The van der Waals surface area contributed by atoms with Gasteiger partial charge in [-0.1, -0.05) is 24.8 Å². The molecule has 0 aliphatic heterocycles. The second kappa shape index (κ2) is 3.86. The number of aryl methyl sites for hydroxylation is 1. The normalized spacial score (nSPS) is 10.5. The van der Waals surface area contributed by atoms with Gasteiger partial charge < -0.3 is 0 Å². The average molecular weight is 159 g/mol. The van der Waals surface area contributed by atoms with Crippen LogP contribution in [-0.2, 0) is 0 Å². The Labute approximate surface area is 73.5 Å². The number of pyridine rings is 1. The van der Waals surface area contributed by atoms with Crippen molar-refractivity contribution in [1.82, 2.24) is 4.98 Å². The molecule has 1 rings (SSSR count). The lowest BCUT2D eigenvalue weighted by atomic mass is 10.1. The van der Waals surface area contributed by atoms with E-state index in [0.29, 0.717) is 0 Å². The maximum absolute atomic E-state index is 4.11. The average Bonchev–Trinajstić information content (AvgIpc) is 2.08. The van der Waals surface area contributed by atoms with E-state index in [1.807, 2.05) is 24.5 Å². The lowest BCUT2D eigenvalue weighted by molar-refractivity contribution is 1.20. The van der Waals surface area contributed by atoms with Crippen LogP contribution >= 0.6 is 0 Å². The summed E-state index contributed by atoms with van der Waals surface area (Å²) in [6.45, 7) is 7.78. The van der Waals surface area contributed by atoms with Crippen LogP contribution < -0.4 is 0 Å². The van der Waals surface area contributed by atoms with Gasteiger partial charge in [-0.25, -0.2) is 0 Å². The monoisotopic (exact) mass is 159 g/mol. The minimum Gasteiger partial charge on any atom is -0.264 e. The largest absolute Gasteiger partial charge is 0.264 e. The zero-order chi connectivity index (χ0) is 8.97. The molecule has 62 valence electrons. The smallest absolute Gasteiger partial charge is 0.0343 e. The molecule has 0 bridgehead atoms. The molecular weight excluding hydrogens is 146 g/mol. The Morgan fingerprint density at radius 3 is 2.75 bits per heavy atom. The summed E-state index contributed by atoms with van der Waals surface area (Å²) in [7, 11) is 0. The van der Waals surface area contributed by atoms with Crippen molar-refractivity contribution in [2.24, 2.45) is 0 Å². The van der Waals surface area contributed by atoms with Gasteiger partial charge in [-0.2, -0.15) is 0 Å². The fourth-order valence-electron chi connectivity index (χ4n) is 0.990. The van der Waals surface area contributed by atoms with E-state index >= 15 is 0 Å². The van der Waals surface area contributed by atoms with Gasteiger partial charge in [0.2, 0.25) is 0 Å². The van der Waals surface area contributed by atoms with E-state index in [9.17, 15) is 0 Å². The van der Waals surface area contributed by atoms with E-state index in [-0.39, 0.29) is 0 Å². The highest BCUT2D eigenvalue weighted by molar-refractivity contribution is 5.55. The van der Waals surface area contributed by atoms with Gasteiger partial charge in [0.1, 0.15) is 0 Å². The van der Waals surface area contributed by atoms with Gasteiger partial charge in [-0.3, -0.25) is 4.98 Å². The molecule has 1 nitrogen and oxygen atoms in total. The van der Waals surface area contributed by atoms with Gasteiger partial charge in [-0.05, 0) is 30.5 Å². The number of aromatic nitrogens is 1. The molecule has 0 saturated carbocycles. The number of rotatable bonds is 2. The van der Waals surface area contributed by atoms with Crippen molar-refractivity contribution in [3.63, 3.8) is 0 Å². The molecular formula is C11H13N. The first-order chi connectivity index (χ1) is 5.75. The van der Waals surface area contributed by atoms with E-state index in [0.717, 1.165) is 5.56 Å². The van der Waals surface area contributed by atoms with Gasteiger partial charge in [0.15, 0.2) is 0 Å². The van der Waals surface area contributed by atoms with Gasteiger partial charge >= 0.3 is 0 Å². The van der Waals surface area contributed by atoms with Crippen LogP contribution in [0.15, 0.2) is 31.1 Å². The SMILES string of the molecule is C=CC=Cc1cncc(C)c1C. The Morgan fingerprint density at radius 2 is 2.08 bits per heavy atom. The van der Waals surface area contributed by atoms with Crippen molar-refractivity contribution < 1.29 is 0 Å². The predicted octanol–water partition coefficient (Wildman–Crippen LogP) is 2.90. The third-order valence-electron chi connectivity index (χ3n) is 1.92. The highest BCUT2D eigenvalue weighted by Gasteiger charge is 1.95. The molecule has 0 fully saturated rings. The highest BCUT2D eigenvalue weighted by Crippen LogP contribution is 2.11. The summed E-state index contributed by atoms with van der Waals surface area (Å²) in [6, 6.07) is 0. The van der Waals surface area contributed by atoms with Crippen LogP contribution in [0.25, 0.3) is 6.08 Å². The van der Waals surface area contributed by atoms with E-state index in [2.05, 4.69) is 25.4 Å². The molecule has 12 heavy (non-hydrogen) atoms. The molecule has 0 spiro atoms. The number of hydrogen-bond donors (Lipinski definition) is 0. The van der Waals surface area contributed by atoms with Crippen LogP contribution in [0.2, 0.25) is 0 Å². The lowest BCUT2D eigenvalue weighted by Crippen LogP contribution is -1.87. The van der Waals surface area contributed by atoms with E-state index in [4.69, 9.17) is 0 Å². The molecule has 1 aromatic heterocycles. The van der Waals surface area contributed by atoms with Gasteiger partial charge in [0.05, 0.1) is 0 Å². The zero-order valence-corrected chi connectivity index (χ0v) is 7.54. The fraction of sp³-hybridized carbons (Fsp3) is 0.182. The Bertz CT molecular complexity index is 311. The van der Waals surface area contributed by atoms with Crippen molar-refractivity contribution in [3.05, 3.63) is 47.8 Å². The maximum Gasteiger partial charge on any atom is 0.0343 e. The minimum atomic E-state index is 1.16. The summed E-state index contributed by atoms with van der Waals surface area (Å²) in [5, 5.41) is 0. The molecule has 0 atom stereocenters. The molecule has 0 amide bonds. The minimum absolute atomic E-state index is 1.16. The number of allylic oxidation sites excluding steroid dienone is 2. The molecule has 0 aromatic carbocycles. The van der Waals surface area contributed by atoms with Crippen molar-refractivity contribution >= 4 is 6.08 Å². The summed E-state index contributed by atoms with van der Waals surface area (Å²) in [6.07, 6.45) is 9.44. The second-order valence-corrected chi connectivity index (χ2v) is 2.77. The van der Waals surface area contributed by atoms with Crippen molar-refractivity contribution in [2.75, 3.05) is 0 Å². The van der Waals surface area contributed by atoms with Crippen LogP contribution in [0.4, 0.5) is 0 Å². The van der Waals surface area contributed by atoms with Crippen molar-refractivity contribution in [1.29, 1.82) is 0 Å². The second-order valence-electron chi connectivity index (χ2n) is 2.77. The summed E-state index contributed by atoms with van der Waals surface area (Å²) in [5.41, 5.74) is 3.67. The summed E-state index contributed by atoms with van der Waals surface area (Å²) in [5.74, 6) is 0.